The van der Waals surface area contributed by atoms with Gasteiger partial charge in [-0.2, -0.15) is 0 Å². The molecule has 0 aliphatic rings. The minimum Gasteiger partial charge on any atom is -0.497 e. The van der Waals surface area contributed by atoms with E-state index >= 15 is 0 Å². The van der Waals surface area contributed by atoms with Crippen molar-refractivity contribution in [2.24, 2.45) is 0 Å². The number of nitrogens with one attached hydrogen (secondary N) is 1. The maximum atomic E-state index is 14.0. The summed E-state index contributed by atoms with van der Waals surface area (Å²) in [6, 6.07) is 22.0. The molecule has 3 aromatic carbocycles. The zero-order valence-corrected chi connectivity index (χ0v) is 27.0. The molecule has 2 atom stereocenters. The van der Waals surface area contributed by atoms with Gasteiger partial charge in [-0.15, -0.1) is 0 Å². The van der Waals surface area contributed by atoms with Gasteiger partial charge < -0.3 is 15.0 Å². The summed E-state index contributed by atoms with van der Waals surface area (Å²) in [5, 5.41) is 3.08. The predicted molar refractivity (Wildman–Crippen MR) is 173 cm³/mol. The Bertz CT molecular complexity index is 1480. The first-order chi connectivity index (χ1) is 20.4. The number of amides is 2. The van der Waals surface area contributed by atoms with Crippen LogP contribution in [0.25, 0.3) is 0 Å². The average Bonchev–Trinajstić information content (AvgIpc) is 2.98. The summed E-state index contributed by atoms with van der Waals surface area (Å²) >= 11 is 0. The second kappa shape index (κ2) is 15.6. The molecule has 0 aromatic heterocycles. The van der Waals surface area contributed by atoms with Gasteiger partial charge in [-0.25, -0.2) is 8.42 Å². The zero-order chi connectivity index (χ0) is 31.6. The Hall–Kier alpha value is -3.85. The van der Waals surface area contributed by atoms with Crippen LogP contribution in [0, 0.1) is 13.8 Å². The summed E-state index contributed by atoms with van der Waals surface area (Å²) in [7, 11) is -2.00. The van der Waals surface area contributed by atoms with Gasteiger partial charge in [-0.3, -0.25) is 13.9 Å². The highest BCUT2D eigenvalue weighted by atomic mass is 32.2. The highest BCUT2D eigenvalue weighted by molar-refractivity contribution is 7.92. The topological polar surface area (TPSA) is 96.0 Å². The van der Waals surface area contributed by atoms with Gasteiger partial charge in [-0.1, -0.05) is 61.5 Å². The van der Waals surface area contributed by atoms with Crippen LogP contribution in [0.1, 0.15) is 55.4 Å². The van der Waals surface area contributed by atoms with Crippen LogP contribution in [0.4, 0.5) is 5.69 Å². The van der Waals surface area contributed by atoms with E-state index < -0.39 is 16.1 Å². The van der Waals surface area contributed by atoms with Crippen molar-refractivity contribution in [1.82, 2.24) is 10.2 Å². The maximum absolute atomic E-state index is 14.0. The Labute approximate surface area is 257 Å². The highest BCUT2D eigenvalue weighted by Gasteiger charge is 2.31. The third-order valence-electron chi connectivity index (χ3n) is 7.54. The molecule has 0 aliphatic carbocycles. The maximum Gasteiger partial charge on any atom is 0.243 e. The smallest absolute Gasteiger partial charge is 0.243 e. The van der Waals surface area contributed by atoms with Gasteiger partial charge in [-0.05, 0) is 74.1 Å². The molecule has 43 heavy (non-hydrogen) atoms. The Morgan fingerprint density at radius 3 is 2.30 bits per heavy atom. The van der Waals surface area contributed by atoms with Crippen LogP contribution in [-0.4, -0.2) is 57.1 Å². The van der Waals surface area contributed by atoms with E-state index in [4.69, 9.17) is 4.74 Å². The molecule has 0 saturated heterocycles. The fourth-order valence-electron chi connectivity index (χ4n) is 4.93. The number of hydrogen-bond donors (Lipinski definition) is 1. The van der Waals surface area contributed by atoms with E-state index in [-0.39, 0.29) is 37.4 Å². The number of aryl methyl sites for hydroxylation is 2. The molecule has 2 amide bonds. The molecule has 0 saturated carbocycles. The molecule has 0 spiro atoms. The van der Waals surface area contributed by atoms with Gasteiger partial charge in [0.15, 0.2) is 0 Å². The normalized spacial score (nSPS) is 12.7. The van der Waals surface area contributed by atoms with E-state index in [9.17, 15) is 18.0 Å². The number of nitrogens with zero attached hydrogens (tertiary/aromatic N) is 2. The van der Waals surface area contributed by atoms with E-state index in [2.05, 4.69) is 5.32 Å². The molecule has 0 radical (unpaired) electrons. The number of rotatable bonds is 15. The minimum atomic E-state index is -3.59. The van der Waals surface area contributed by atoms with E-state index in [0.29, 0.717) is 24.3 Å². The van der Waals surface area contributed by atoms with Crippen molar-refractivity contribution < 1.29 is 22.7 Å². The van der Waals surface area contributed by atoms with Gasteiger partial charge in [0.2, 0.25) is 21.8 Å². The second-order valence-corrected chi connectivity index (χ2v) is 13.0. The largest absolute Gasteiger partial charge is 0.497 e. The van der Waals surface area contributed by atoms with Crippen molar-refractivity contribution in [3.8, 4) is 5.75 Å². The van der Waals surface area contributed by atoms with Crippen molar-refractivity contribution in [3.63, 3.8) is 0 Å². The number of hydrogen-bond acceptors (Lipinski definition) is 5. The lowest BCUT2D eigenvalue weighted by atomic mass is 10.0. The first kappa shape index (κ1) is 33.6. The first-order valence-electron chi connectivity index (χ1n) is 14.7. The highest BCUT2D eigenvalue weighted by Crippen LogP contribution is 2.25. The Kier molecular flexibility index (Phi) is 12.2. The Morgan fingerprint density at radius 2 is 1.65 bits per heavy atom. The van der Waals surface area contributed by atoms with Crippen molar-refractivity contribution in [2.75, 3.05) is 24.2 Å². The standard InChI is InChI=1S/C34H45N3O5S/c1-7-27(4)35-34(39)32(23-28-13-9-8-10-14-28)36(24-29-15-11-16-30(22-29)42-5)33(38)17-12-20-37(43(6,40)41)31-21-25(2)18-19-26(31)3/h8-11,13-16,18-19,21-22,27,32H,7,12,17,20,23-24H2,1-6H3,(H,35,39)/t27-,32-/m1/s1. The molecule has 0 aliphatic heterocycles. The van der Waals surface area contributed by atoms with Crippen LogP contribution >= 0.6 is 0 Å². The summed E-state index contributed by atoms with van der Waals surface area (Å²) < 4.78 is 32.4. The molecule has 0 fully saturated rings. The van der Waals surface area contributed by atoms with Crippen molar-refractivity contribution in [1.29, 1.82) is 0 Å². The van der Waals surface area contributed by atoms with Gasteiger partial charge in [0.1, 0.15) is 11.8 Å². The van der Waals surface area contributed by atoms with Crippen LogP contribution in [0.5, 0.6) is 5.75 Å². The third kappa shape index (κ3) is 9.85. The summed E-state index contributed by atoms with van der Waals surface area (Å²) in [6.07, 6.45) is 2.65. The lowest BCUT2D eigenvalue weighted by Gasteiger charge is -2.33. The third-order valence-corrected chi connectivity index (χ3v) is 8.72. The van der Waals surface area contributed by atoms with Crippen LogP contribution in [0.15, 0.2) is 72.8 Å². The number of carbonyl (C=O) groups excluding carboxylic acids is 2. The van der Waals surface area contributed by atoms with Gasteiger partial charge in [0.05, 0.1) is 19.1 Å². The molecule has 3 aromatic rings. The van der Waals surface area contributed by atoms with Gasteiger partial charge >= 0.3 is 0 Å². The predicted octanol–water partition coefficient (Wildman–Crippen LogP) is 5.41. The molecular formula is C34H45N3O5S. The molecule has 232 valence electrons. The number of anilines is 1. The first-order valence-corrected chi connectivity index (χ1v) is 16.6. The summed E-state index contributed by atoms with van der Waals surface area (Å²) in [5.41, 5.74) is 4.17. The zero-order valence-electron chi connectivity index (χ0n) is 26.2. The lowest BCUT2D eigenvalue weighted by molar-refractivity contribution is -0.141. The minimum absolute atomic E-state index is 0.0552. The summed E-state index contributed by atoms with van der Waals surface area (Å²) in [5.74, 6) is 0.214. The number of sulfonamides is 1. The van der Waals surface area contributed by atoms with Crippen LogP contribution in [0.2, 0.25) is 0 Å². The SMILES string of the molecule is CC[C@@H](C)NC(=O)[C@@H](Cc1ccccc1)N(Cc1cccc(OC)c1)C(=O)CCCN(c1cc(C)ccc1C)S(C)(=O)=O. The van der Waals surface area contributed by atoms with E-state index in [1.54, 1.807) is 12.0 Å². The number of carbonyl (C=O) groups is 2. The number of ether oxygens (including phenoxy) is 1. The van der Waals surface area contributed by atoms with Crippen molar-refractivity contribution in [3.05, 3.63) is 95.1 Å². The van der Waals surface area contributed by atoms with E-state index in [1.165, 1.54) is 10.6 Å². The van der Waals surface area contributed by atoms with Crippen LogP contribution in [0.3, 0.4) is 0 Å². The number of methoxy groups -OCH3 is 1. The summed E-state index contributed by atoms with van der Waals surface area (Å²) in [6.45, 7) is 8.08. The number of benzene rings is 3. The molecule has 0 heterocycles. The molecule has 9 heteroatoms. The Balaban J connectivity index is 1.93. The fraction of sp³-hybridized carbons (Fsp3) is 0.412. The van der Waals surface area contributed by atoms with Crippen molar-refractivity contribution >= 4 is 27.5 Å². The van der Waals surface area contributed by atoms with Gasteiger partial charge in [0, 0.05) is 32.0 Å². The summed E-state index contributed by atoms with van der Waals surface area (Å²) in [4.78, 5) is 29.4. The lowest BCUT2D eigenvalue weighted by Crippen LogP contribution is -2.52. The van der Waals surface area contributed by atoms with E-state index in [0.717, 1.165) is 28.7 Å². The molecule has 0 bridgehead atoms. The fourth-order valence-corrected chi connectivity index (χ4v) is 5.95. The Morgan fingerprint density at radius 1 is 0.953 bits per heavy atom. The molecule has 0 unspecified atom stereocenters. The van der Waals surface area contributed by atoms with Crippen molar-refractivity contribution in [2.45, 2.75) is 72.0 Å². The average molecular weight is 608 g/mol. The second-order valence-electron chi connectivity index (χ2n) is 11.1. The quantitative estimate of drug-likeness (QED) is 0.249. The van der Waals surface area contributed by atoms with Crippen LogP contribution < -0.4 is 14.4 Å². The molecule has 1 N–H and O–H groups in total. The molecule has 8 nitrogen and oxygen atoms in total. The molecule has 3 rings (SSSR count). The van der Waals surface area contributed by atoms with Gasteiger partial charge in [0.25, 0.3) is 0 Å². The van der Waals surface area contributed by atoms with Crippen LogP contribution in [-0.2, 0) is 32.6 Å². The molecular weight excluding hydrogens is 562 g/mol. The van der Waals surface area contributed by atoms with E-state index in [1.807, 2.05) is 100 Å². The monoisotopic (exact) mass is 607 g/mol.